The number of hydrogen-bond acceptors (Lipinski definition) is 6. The summed E-state index contributed by atoms with van der Waals surface area (Å²) in [6.45, 7) is 3.89. The highest BCUT2D eigenvalue weighted by molar-refractivity contribution is 7.09. The molecule has 2 heterocycles. The molecule has 0 spiro atoms. The summed E-state index contributed by atoms with van der Waals surface area (Å²) in [6.07, 6.45) is -4.00. The van der Waals surface area contributed by atoms with Gasteiger partial charge in [-0.2, -0.15) is 17.5 Å². The van der Waals surface area contributed by atoms with E-state index in [4.69, 9.17) is 0 Å². The predicted octanol–water partition coefficient (Wildman–Crippen LogP) is 4.23. The van der Waals surface area contributed by atoms with Gasteiger partial charge in [-0.15, -0.1) is 0 Å². The van der Waals surface area contributed by atoms with E-state index in [9.17, 15) is 22.4 Å². The molecule has 3 aromatic rings. The van der Waals surface area contributed by atoms with Crippen LogP contribution in [0.1, 0.15) is 17.0 Å². The third kappa shape index (κ3) is 6.89. The van der Waals surface area contributed by atoms with Crippen molar-refractivity contribution in [3.05, 3.63) is 71.3 Å². The van der Waals surface area contributed by atoms with E-state index in [1.165, 1.54) is 41.9 Å². The summed E-state index contributed by atoms with van der Waals surface area (Å²) in [6, 6.07) is 10.5. The number of hydrogen-bond donors (Lipinski definition) is 2. The van der Waals surface area contributed by atoms with Gasteiger partial charge in [-0.1, -0.05) is 24.3 Å². The molecular weight excluding hydrogens is 484 g/mol. The van der Waals surface area contributed by atoms with Gasteiger partial charge in [-0.05, 0) is 29.8 Å². The van der Waals surface area contributed by atoms with Crippen LogP contribution < -0.4 is 15.5 Å². The SMILES string of the molecule is O=C(NCCN1CCN(c2nc(Cc3ccc(F)cc3)ns2)CC1)Nc1ccccc1C(F)(F)F. The summed E-state index contributed by atoms with van der Waals surface area (Å²) in [7, 11) is 0. The second kappa shape index (κ2) is 11.0. The molecule has 1 aromatic heterocycles. The van der Waals surface area contributed by atoms with E-state index in [1.54, 1.807) is 12.1 Å². The summed E-state index contributed by atoms with van der Waals surface area (Å²) >= 11 is 1.33. The van der Waals surface area contributed by atoms with Crippen molar-refractivity contribution in [1.29, 1.82) is 0 Å². The zero-order valence-corrected chi connectivity index (χ0v) is 19.5. The van der Waals surface area contributed by atoms with E-state index < -0.39 is 17.8 Å². The number of para-hydroxylation sites is 1. The molecule has 1 aliphatic heterocycles. The predicted molar refractivity (Wildman–Crippen MR) is 126 cm³/mol. The Morgan fingerprint density at radius 3 is 2.46 bits per heavy atom. The monoisotopic (exact) mass is 508 g/mol. The Morgan fingerprint density at radius 2 is 1.74 bits per heavy atom. The highest BCUT2D eigenvalue weighted by Gasteiger charge is 2.33. The Labute approximate surface area is 203 Å². The van der Waals surface area contributed by atoms with E-state index >= 15 is 0 Å². The van der Waals surface area contributed by atoms with Gasteiger partial charge < -0.3 is 15.5 Å². The van der Waals surface area contributed by atoms with E-state index in [0.717, 1.165) is 42.9 Å². The van der Waals surface area contributed by atoms with Crippen molar-refractivity contribution in [3.8, 4) is 0 Å². The zero-order chi connectivity index (χ0) is 24.8. The van der Waals surface area contributed by atoms with Gasteiger partial charge in [0.15, 0.2) is 0 Å². The maximum atomic E-state index is 13.1. The molecule has 0 atom stereocenters. The standard InChI is InChI=1S/C23H24F4N6OS/c24-17-7-5-16(6-8-17)15-20-30-22(35-31-20)33-13-11-32(12-14-33)10-9-28-21(34)29-19-4-2-1-3-18(19)23(25,26)27/h1-8H,9-15H2,(H2,28,29,34). The van der Waals surface area contributed by atoms with Crippen molar-refractivity contribution < 1.29 is 22.4 Å². The largest absolute Gasteiger partial charge is 0.418 e. The van der Waals surface area contributed by atoms with Gasteiger partial charge in [0.2, 0.25) is 5.13 Å². The van der Waals surface area contributed by atoms with Crippen LogP contribution >= 0.6 is 11.5 Å². The lowest BCUT2D eigenvalue weighted by atomic mass is 10.1. The minimum absolute atomic E-state index is 0.276. The number of piperazine rings is 1. The third-order valence-electron chi connectivity index (χ3n) is 5.57. The second-order valence-electron chi connectivity index (χ2n) is 8.05. The fourth-order valence-electron chi connectivity index (χ4n) is 3.73. The summed E-state index contributed by atoms with van der Waals surface area (Å²) in [5.74, 6) is 0.419. The van der Waals surface area contributed by atoms with Gasteiger partial charge in [0.25, 0.3) is 0 Å². The number of halogens is 4. The van der Waals surface area contributed by atoms with Gasteiger partial charge in [-0.3, -0.25) is 4.90 Å². The molecule has 186 valence electrons. The molecular formula is C23H24F4N6OS. The van der Waals surface area contributed by atoms with Crippen molar-refractivity contribution >= 4 is 28.4 Å². The number of anilines is 2. The number of carbonyl (C=O) groups excluding carboxylic acids is 1. The van der Waals surface area contributed by atoms with E-state index in [-0.39, 0.29) is 11.5 Å². The van der Waals surface area contributed by atoms with Crippen LogP contribution in [0.4, 0.5) is 33.2 Å². The van der Waals surface area contributed by atoms with Crippen LogP contribution in [-0.2, 0) is 12.6 Å². The molecule has 2 aromatic carbocycles. The summed E-state index contributed by atoms with van der Waals surface area (Å²) in [5, 5.41) is 5.73. The molecule has 0 radical (unpaired) electrons. The number of nitrogens with one attached hydrogen (secondary N) is 2. The van der Waals surface area contributed by atoms with E-state index in [0.29, 0.717) is 25.3 Å². The number of alkyl halides is 3. The first-order chi connectivity index (χ1) is 16.8. The molecule has 1 aliphatic rings. The summed E-state index contributed by atoms with van der Waals surface area (Å²) < 4.78 is 56.6. The van der Waals surface area contributed by atoms with Crippen LogP contribution in [0.5, 0.6) is 0 Å². The highest BCUT2D eigenvalue weighted by atomic mass is 32.1. The fraction of sp³-hybridized carbons (Fsp3) is 0.348. The molecule has 2 amide bonds. The lowest BCUT2D eigenvalue weighted by Gasteiger charge is -2.34. The number of benzene rings is 2. The average molecular weight is 509 g/mol. The maximum absolute atomic E-state index is 13.1. The van der Waals surface area contributed by atoms with Crippen LogP contribution in [0.2, 0.25) is 0 Å². The maximum Gasteiger partial charge on any atom is 0.418 e. The smallest absolute Gasteiger partial charge is 0.344 e. The molecule has 0 unspecified atom stereocenters. The topological polar surface area (TPSA) is 73.4 Å². The lowest BCUT2D eigenvalue weighted by Crippen LogP contribution is -2.48. The molecule has 0 saturated carbocycles. The molecule has 0 aliphatic carbocycles. The first kappa shape index (κ1) is 24.9. The van der Waals surface area contributed by atoms with Crippen molar-refractivity contribution in [2.45, 2.75) is 12.6 Å². The van der Waals surface area contributed by atoms with Crippen LogP contribution in [0.25, 0.3) is 0 Å². The Balaban J connectivity index is 1.19. The van der Waals surface area contributed by atoms with Crippen molar-refractivity contribution in [3.63, 3.8) is 0 Å². The molecule has 35 heavy (non-hydrogen) atoms. The molecule has 1 fully saturated rings. The average Bonchev–Trinajstić information content (AvgIpc) is 3.29. The van der Waals surface area contributed by atoms with Crippen LogP contribution in [-0.4, -0.2) is 59.6 Å². The highest BCUT2D eigenvalue weighted by Crippen LogP contribution is 2.34. The van der Waals surface area contributed by atoms with Gasteiger partial charge in [0.05, 0.1) is 11.3 Å². The third-order valence-corrected chi connectivity index (χ3v) is 6.38. The number of aromatic nitrogens is 2. The lowest BCUT2D eigenvalue weighted by molar-refractivity contribution is -0.136. The summed E-state index contributed by atoms with van der Waals surface area (Å²) in [4.78, 5) is 21.0. The van der Waals surface area contributed by atoms with Crippen molar-refractivity contribution in [2.24, 2.45) is 0 Å². The van der Waals surface area contributed by atoms with Gasteiger partial charge in [0.1, 0.15) is 11.6 Å². The number of rotatable bonds is 7. The Morgan fingerprint density at radius 1 is 1.03 bits per heavy atom. The molecule has 1 saturated heterocycles. The molecule has 0 bridgehead atoms. The normalized spacial score (nSPS) is 14.7. The minimum atomic E-state index is -4.54. The van der Waals surface area contributed by atoms with Crippen molar-refractivity contribution in [2.75, 3.05) is 49.5 Å². The number of urea groups is 1. The van der Waals surface area contributed by atoms with Crippen molar-refractivity contribution in [1.82, 2.24) is 19.6 Å². The van der Waals surface area contributed by atoms with Crippen LogP contribution in [0.3, 0.4) is 0 Å². The number of amides is 2. The Hall–Kier alpha value is -3.25. The number of nitrogens with zero attached hydrogens (tertiary/aromatic N) is 4. The van der Waals surface area contributed by atoms with Gasteiger partial charge in [0, 0.05) is 57.2 Å². The molecule has 2 N–H and O–H groups in total. The second-order valence-corrected chi connectivity index (χ2v) is 8.78. The Bertz CT molecular complexity index is 1130. The first-order valence-electron chi connectivity index (χ1n) is 11.0. The van der Waals surface area contributed by atoms with Crippen LogP contribution in [0, 0.1) is 5.82 Å². The van der Waals surface area contributed by atoms with Crippen LogP contribution in [0.15, 0.2) is 48.5 Å². The summed E-state index contributed by atoms with van der Waals surface area (Å²) in [5.41, 5.74) is -0.218. The quantitative estimate of drug-likeness (QED) is 0.468. The van der Waals surface area contributed by atoms with Gasteiger partial charge >= 0.3 is 12.2 Å². The first-order valence-corrected chi connectivity index (χ1v) is 11.8. The Kier molecular flexibility index (Phi) is 7.81. The van der Waals surface area contributed by atoms with E-state index in [1.807, 2.05) is 0 Å². The minimum Gasteiger partial charge on any atom is -0.344 e. The van der Waals surface area contributed by atoms with E-state index in [2.05, 4.69) is 29.8 Å². The molecule has 7 nitrogen and oxygen atoms in total. The molecule has 4 rings (SSSR count). The zero-order valence-electron chi connectivity index (χ0n) is 18.7. The number of carbonyl (C=O) groups is 1. The molecule has 12 heteroatoms. The fourth-order valence-corrected chi connectivity index (χ4v) is 4.46. The van der Waals surface area contributed by atoms with Gasteiger partial charge in [-0.25, -0.2) is 14.2 Å².